The second kappa shape index (κ2) is 11.2. The third kappa shape index (κ3) is 5.58. The van der Waals surface area contributed by atoms with Crippen LogP contribution in [0.4, 0.5) is 10.5 Å². The number of fused-ring (bicyclic) bond motifs is 2. The summed E-state index contributed by atoms with van der Waals surface area (Å²) in [6, 6.07) is 9.88. The molecule has 3 amide bonds. The summed E-state index contributed by atoms with van der Waals surface area (Å²) in [5.74, 6) is 0.957. The van der Waals surface area contributed by atoms with Gasteiger partial charge in [-0.3, -0.25) is 9.78 Å². The molecule has 0 bridgehead atoms. The fourth-order valence-corrected chi connectivity index (χ4v) is 4.57. The fraction of sp³-hybridized carbons (Fsp3) is 0.357. The van der Waals surface area contributed by atoms with Gasteiger partial charge in [-0.1, -0.05) is 6.92 Å². The lowest BCUT2D eigenvalue weighted by Crippen LogP contribution is -2.50. The highest BCUT2D eigenvalue weighted by Gasteiger charge is 2.35. The number of likely N-dealkylation sites (N-methyl/N-ethyl adjacent to an activating group) is 1. The summed E-state index contributed by atoms with van der Waals surface area (Å²) in [7, 11) is 1.68. The number of urea groups is 1. The molecular formula is C28H31N5O6. The molecule has 2 aliphatic heterocycles. The van der Waals surface area contributed by atoms with Crippen LogP contribution in [0.1, 0.15) is 24.2 Å². The van der Waals surface area contributed by atoms with Gasteiger partial charge in [0.25, 0.3) is 5.91 Å². The number of rotatable bonds is 6. The Morgan fingerprint density at radius 3 is 2.72 bits per heavy atom. The molecular weight excluding hydrogens is 502 g/mol. The quantitative estimate of drug-likeness (QED) is 0.495. The lowest BCUT2D eigenvalue weighted by atomic mass is 9.99. The summed E-state index contributed by atoms with van der Waals surface area (Å²) in [5.41, 5.74) is 2.48. The number of hydrogen-bond donors (Lipinski definition) is 2. The molecule has 11 nitrogen and oxygen atoms in total. The lowest BCUT2D eigenvalue weighted by Gasteiger charge is -2.37. The molecule has 3 aromatic rings. The van der Waals surface area contributed by atoms with Crippen molar-refractivity contribution in [2.75, 3.05) is 38.9 Å². The molecule has 5 rings (SSSR count). The van der Waals surface area contributed by atoms with Gasteiger partial charge in [0, 0.05) is 55.4 Å². The maximum Gasteiger partial charge on any atom is 0.321 e. The maximum absolute atomic E-state index is 13.6. The molecule has 0 radical (unpaired) electrons. The highest BCUT2D eigenvalue weighted by Crippen LogP contribution is 2.34. The minimum Gasteiger partial charge on any atom is -0.472 e. The summed E-state index contributed by atoms with van der Waals surface area (Å²) in [6.07, 6.45) is 4.53. The van der Waals surface area contributed by atoms with E-state index < -0.39 is 12.1 Å². The van der Waals surface area contributed by atoms with Crippen molar-refractivity contribution in [2.45, 2.75) is 26.0 Å². The summed E-state index contributed by atoms with van der Waals surface area (Å²) >= 11 is 0. The van der Waals surface area contributed by atoms with Crippen molar-refractivity contribution in [1.29, 1.82) is 0 Å². The van der Waals surface area contributed by atoms with E-state index in [9.17, 15) is 14.7 Å². The Labute approximate surface area is 226 Å². The fourth-order valence-electron chi connectivity index (χ4n) is 4.57. The number of aromatic nitrogens is 2. The molecule has 0 fully saturated rings. The van der Waals surface area contributed by atoms with Crippen molar-refractivity contribution in [3.05, 3.63) is 60.6 Å². The van der Waals surface area contributed by atoms with Gasteiger partial charge in [0.1, 0.15) is 11.7 Å². The number of aliphatic hydroxyl groups is 1. The number of nitrogens with zero attached hydrogens (tertiary/aromatic N) is 4. The lowest BCUT2D eigenvalue weighted by molar-refractivity contribution is 0.0356. The van der Waals surface area contributed by atoms with Crippen LogP contribution in [0.3, 0.4) is 0 Å². The number of aliphatic hydroxyl groups excluding tert-OH is 1. The van der Waals surface area contributed by atoms with Gasteiger partial charge < -0.3 is 34.4 Å². The van der Waals surface area contributed by atoms with Gasteiger partial charge >= 0.3 is 6.03 Å². The van der Waals surface area contributed by atoms with Crippen molar-refractivity contribution in [1.82, 2.24) is 19.8 Å². The Bertz CT molecular complexity index is 1350. The van der Waals surface area contributed by atoms with Crippen LogP contribution in [0.2, 0.25) is 0 Å². The van der Waals surface area contributed by atoms with E-state index in [1.807, 2.05) is 19.1 Å². The van der Waals surface area contributed by atoms with Crippen LogP contribution in [0.5, 0.6) is 17.4 Å². The number of carbonyl (C=O) groups is 2. The number of amides is 3. The van der Waals surface area contributed by atoms with E-state index in [2.05, 4.69) is 15.3 Å². The summed E-state index contributed by atoms with van der Waals surface area (Å²) in [5, 5.41) is 12.8. The maximum atomic E-state index is 13.6. The average molecular weight is 534 g/mol. The molecule has 39 heavy (non-hydrogen) atoms. The number of ether oxygens (including phenoxy) is 3. The molecule has 1 aromatic carbocycles. The first-order chi connectivity index (χ1) is 18.8. The monoisotopic (exact) mass is 533 g/mol. The first-order valence-corrected chi connectivity index (χ1v) is 12.7. The van der Waals surface area contributed by atoms with Crippen LogP contribution in [0.15, 0.2) is 55.0 Å². The van der Waals surface area contributed by atoms with Crippen molar-refractivity contribution in [3.8, 4) is 28.5 Å². The average Bonchev–Trinajstić information content (AvgIpc) is 3.42. The van der Waals surface area contributed by atoms with Gasteiger partial charge in [-0.25, -0.2) is 9.78 Å². The number of hydrogen-bond acceptors (Lipinski definition) is 8. The molecule has 11 heteroatoms. The van der Waals surface area contributed by atoms with E-state index in [1.54, 1.807) is 61.7 Å². The summed E-state index contributed by atoms with van der Waals surface area (Å²) in [4.78, 5) is 38.4. The van der Waals surface area contributed by atoms with Crippen LogP contribution in [-0.4, -0.2) is 82.5 Å². The first-order valence-electron chi connectivity index (χ1n) is 12.7. The SMILES string of the molecule is C[C@H]1CN([C@@H](C)CO)C(=O)c2cc(-c3ccncc3)cnc2O[C@@H]1CN(C)C(=O)Nc1ccc2c(c1)OCO2. The molecule has 0 aliphatic carbocycles. The number of nitrogens with one attached hydrogen (secondary N) is 1. The molecule has 204 valence electrons. The highest BCUT2D eigenvalue weighted by molar-refractivity contribution is 5.98. The van der Waals surface area contributed by atoms with E-state index in [4.69, 9.17) is 14.2 Å². The van der Waals surface area contributed by atoms with Crippen molar-refractivity contribution in [3.63, 3.8) is 0 Å². The first kappa shape index (κ1) is 26.2. The molecule has 2 aliphatic rings. The van der Waals surface area contributed by atoms with Crippen LogP contribution >= 0.6 is 0 Å². The Kier molecular flexibility index (Phi) is 7.51. The molecule has 2 N–H and O–H groups in total. The summed E-state index contributed by atoms with van der Waals surface area (Å²) in [6.45, 7) is 4.29. The Morgan fingerprint density at radius 2 is 1.95 bits per heavy atom. The molecule has 3 atom stereocenters. The molecule has 0 saturated heterocycles. The number of benzene rings is 1. The van der Waals surface area contributed by atoms with Crippen LogP contribution in [-0.2, 0) is 0 Å². The van der Waals surface area contributed by atoms with Gasteiger partial charge in [0.05, 0.1) is 19.2 Å². The van der Waals surface area contributed by atoms with Crippen molar-refractivity contribution in [2.24, 2.45) is 5.92 Å². The number of carbonyl (C=O) groups excluding carboxylic acids is 2. The molecule has 0 saturated carbocycles. The Hall–Kier alpha value is -4.38. The van der Waals surface area contributed by atoms with Crippen LogP contribution in [0, 0.1) is 5.92 Å². The predicted molar refractivity (Wildman–Crippen MR) is 143 cm³/mol. The third-order valence-electron chi connectivity index (χ3n) is 6.96. The molecule has 4 heterocycles. The van der Waals surface area contributed by atoms with Crippen LogP contribution < -0.4 is 19.5 Å². The minimum absolute atomic E-state index is 0.150. The zero-order valence-electron chi connectivity index (χ0n) is 22.0. The largest absolute Gasteiger partial charge is 0.472 e. The van der Waals surface area contributed by atoms with Gasteiger partial charge in [-0.15, -0.1) is 0 Å². The van der Waals surface area contributed by atoms with E-state index in [0.29, 0.717) is 29.3 Å². The van der Waals surface area contributed by atoms with Crippen molar-refractivity contribution >= 4 is 17.6 Å². The minimum atomic E-state index is -0.475. The van der Waals surface area contributed by atoms with Crippen LogP contribution in [0.25, 0.3) is 11.1 Å². The van der Waals surface area contributed by atoms with Gasteiger partial charge in [-0.2, -0.15) is 0 Å². The van der Waals surface area contributed by atoms with Gasteiger partial charge in [0.15, 0.2) is 11.5 Å². The zero-order valence-corrected chi connectivity index (χ0v) is 22.0. The molecule has 0 spiro atoms. The van der Waals surface area contributed by atoms with Gasteiger partial charge in [0.2, 0.25) is 12.7 Å². The van der Waals surface area contributed by atoms with Gasteiger partial charge in [-0.05, 0) is 42.8 Å². The number of pyridine rings is 2. The second-order valence-corrected chi connectivity index (χ2v) is 9.81. The Balaban J connectivity index is 1.38. The van der Waals surface area contributed by atoms with E-state index in [1.165, 1.54) is 4.90 Å². The van der Waals surface area contributed by atoms with Crippen molar-refractivity contribution < 1.29 is 28.9 Å². The predicted octanol–water partition coefficient (Wildman–Crippen LogP) is 3.26. The second-order valence-electron chi connectivity index (χ2n) is 9.81. The molecule has 0 unspecified atom stereocenters. The zero-order chi connectivity index (χ0) is 27.5. The Morgan fingerprint density at radius 1 is 1.18 bits per heavy atom. The highest BCUT2D eigenvalue weighted by atomic mass is 16.7. The molecule has 2 aromatic heterocycles. The topological polar surface area (TPSA) is 126 Å². The standard InChI is InChI=1S/C28H31N5O6/c1-17-13-33(18(2)15-34)27(35)22-10-20(19-6-8-29-9-7-19)12-30-26(22)39-25(17)14-32(3)28(36)31-21-4-5-23-24(11-21)38-16-37-23/h4-12,17-18,25,34H,13-16H2,1-3H3,(H,31,36)/t17-,18-,25+/m0/s1. The van der Waals surface area contributed by atoms with E-state index in [-0.39, 0.29) is 43.7 Å². The third-order valence-corrected chi connectivity index (χ3v) is 6.96. The number of anilines is 1. The summed E-state index contributed by atoms with van der Waals surface area (Å²) < 4.78 is 17.0. The normalized spacial score (nSPS) is 18.9. The van der Waals surface area contributed by atoms with E-state index in [0.717, 1.165) is 11.1 Å². The smallest absolute Gasteiger partial charge is 0.321 e. The van der Waals surface area contributed by atoms with E-state index >= 15 is 0 Å².